The van der Waals surface area contributed by atoms with E-state index in [2.05, 4.69) is 5.32 Å². The first-order valence-corrected chi connectivity index (χ1v) is 11.1. The van der Waals surface area contributed by atoms with Crippen LogP contribution >= 0.6 is 11.8 Å². The molecule has 1 fully saturated rings. The van der Waals surface area contributed by atoms with Gasteiger partial charge in [-0.15, -0.1) is 11.8 Å². The van der Waals surface area contributed by atoms with Gasteiger partial charge in [0.2, 0.25) is 15.9 Å². The molecule has 9 heteroatoms. The molecule has 0 bridgehead atoms. The van der Waals surface area contributed by atoms with E-state index in [0.717, 1.165) is 5.76 Å². The first kappa shape index (κ1) is 19.9. The highest BCUT2D eigenvalue weighted by molar-refractivity contribution is 7.99. The standard InChI is InChI=1S/C18H22N2O5S2/c1-14(26-13-16-3-2-10-25-16)18(21)19-15-4-6-17(7-5-15)27(22,23)20-8-11-24-12-9-20/h2-7,10,14H,8-9,11-13H2,1H3,(H,19,21)/t14-/m1/s1. The molecule has 0 spiro atoms. The zero-order valence-corrected chi connectivity index (χ0v) is 16.6. The number of hydrogen-bond acceptors (Lipinski definition) is 6. The molecule has 3 rings (SSSR count). The summed E-state index contributed by atoms with van der Waals surface area (Å²) in [5.41, 5.74) is 0.561. The molecule has 0 aliphatic carbocycles. The fourth-order valence-electron chi connectivity index (χ4n) is 2.57. The van der Waals surface area contributed by atoms with Crippen LogP contribution in [0.4, 0.5) is 5.69 Å². The van der Waals surface area contributed by atoms with Crippen molar-refractivity contribution in [1.82, 2.24) is 4.31 Å². The highest BCUT2D eigenvalue weighted by Crippen LogP contribution is 2.22. The van der Waals surface area contributed by atoms with Gasteiger partial charge in [0.15, 0.2) is 0 Å². The Labute approximate surface area is 163 Å². The Hall–Kier alpha value is -1.81. The molecule has 1 amide bonds. The van der Waals surface area contributed by atoms with Crippen molar-refractivity contribution in [3.8, 4) is 0 Å². The molecule has 1 aromatic heterocycles. The molecule has 1 aromatic carbocycles. The van der Waals surface area contributed by atoms with Crippen LogP contribution in [0, 0.1) is 0 Å². The Morgan fingerprint density at radius 3 is 2.56 bits per heavy atom. The zero-order valence-electron chi connectivity index (χ0n) is 15.0. The van der Waals surface area contributed by atoms with Gasteiger partial charge in [0.05, 0.1) is 35.4 Å². The number of nitrogens with one attached hydrogen (secondary N) is 1. The van der Waals surface area contributed by atoms with Crippen molar-refractivity contribution in [1.29, 1.82) is 0 Å². The summed E-state index contributed by atoms with van der Waals surface area (Å²) in [6.45, 7) is 3.33. The molecule has 1 atom stereocenters. The first-order valence-electron chi connectivity index (χ1n) is 8.59. The van der Waals surface area contributed by atoms with Gasteiger partial charge in [-0.3, -0.25) is 4.79 Å². The van der Waals surface area contributed by atoms with Crippen LogP contribution in [-0.4, -0.2) is 50.2 Å². The van der Waals surface area contributed by atoms with Crippen LogP contribution in [0.3, 0.4) is 0 Å². The van der Waals surface area contributed by atoms with Crippen LogP contribution in [0.15, 0.2) is 52.0 Å². The first-order chi connectivity index (χ1) is 13.0. The molecule has 0 saturated carbocycles. The average molecular weight is 411 g/mol. The van der Waals surface area contributed by atoms with Crippen molar-refractivity contribution >= 4 is 33.4 Å². The number of morpholine rings is 1. The van der Waals surface area contributed by atoms with E-state index >= 15 is 0 Å². The Kier molecular flexibility index (Phi) is 6.59. The van der Waals surface area contributed by atoms with Crippen molar-refractivity contribution in [2.75, 3.05) is 31.6 Å². The predicted octanol–water partition coefficient (Wildman–Crippen LogP) is 2.56. The molecule has 2 heterocycles. The van der Waals surface area contributed by atoms with Gasteiger partial charge < -0.3 is 14.5 Å². The number of amides is 1. The molecule has 1 aliphatic heterocycles. The minimum Gasteiger partial charge on any atom is -0.468 e. The van der Waals surface area contributed by atoms with E-state index in [1.165, 1.54) is 28.2 Å². The number of benzene rings is 1. The fraction of sp³-hybridized carbons (Fsp3) is 0.389. The summed E-state index contributed by atoms with van der Waals surface area (Å²) < 4.78 is 37.1. The lowest BCUT2D eigenvalue weighted by molar-refractivity contribution is -0.115. The minimum atomic E-state index is -3.53. The van der Waals surface area contributed by atoms with Gasteiger partial charge in [0.1, 0.15) is 5.76 Å². The summed E-state index contributed by atoms with van der Waals surface area (Å²) in [5.74, 6) is 1.28. The lowest BCUT2D eigenvalue weighted by atomic mass is 10.3. The van der Waals surface area contributed by atoms with E-state index in [1.807, 2.05) is 19.1 Å². The number of nitrogens with zero attached hydrogens (tertiary/aromatic N) is 1. The van der Waals surface area contributed by atoms with Gasteiger partial charge in [0.25, 0.3) is 0 Å². The summed E-state index contributed by atoms with van der Waals surface area (Å²) >= 11 is 1.47. The summed E-state index contributed by atoms with van der Waals surface area (Å²) in [6.07, 6.45) is 1.60. The number of carbonyl (C=O) groups excluding carboxylic acids is 1. The third kappa shape index (κ3) is 5.13. The number of sulfonamides is 1. The smallest absolute Gasteiger partial charge is 0.243 e. The number of rotatable bonds is 7. The molecule has 1 saturated heterocycles. The quantitative estimate of drug-likeness (QED) is 0.755. The molecule has 1 N–H and O–H groups in total. The normalized spacial score (nSPS) is 16.8. The SMILES string of the molecule is C[C@@H](SCc1ccco1)C(=O)Nc1ccc(S(=O)(=O)N2CCOCC2)cc1. The molecule has 146 valence electrons. The molecule has 1 aliphatic rings. The van der Waals surface area contributed by atoms with Gasteiger partial charge in [-0.05, 0) is 43.3 Å². The van der Waals surface area contributed by atoms with Crippen LogP contribution in [0.1, 0.15) is 12.7 Å². The molecule has 0 radical (unpaired) electrons. The molecular weight excluding hydrogens is 388 g/mol. The molecule has 0 unspecified atom stereocenters. The maximum absolute atomic E-state index is 12.6. The van der Waals surface area contributed by atoms with E-state index in [9.17, 15) is 13.2 Å². The van der Waals surface area contributed by atoms with E-state index in [0.29, 0.717) is 37.7 Å². The van der Waals surface area contributed by atoms with Crippen LogP contribution in [0.5, 0.6) is 0 Å². The molecule has 2 aromatic rings. The second-order valence-electron chi connectivity index (χ2n) is 6.06. The number of thioether (sulfide) groups is 1. The highest BCUT2D eigenvalue weighted by atomic mass is 32.2. The van der Waals surface area contributed by atoms with Gasteiger partial charge in [-0.25, -0.2) is 8.42 Å². The predicted molar refractivity (Wildman–Crippen MR) is 104 cm³/mol. The number of furan rings is 1. The van der Waals surface area contributed by atoms with Crippen molar-refractivity contribution < 1.29 is 22.4 Å². The van der Waals surface area contributed by atoms with Crippen LogP contribution < -0.4 is 5.32 Å². The Morgan fingerprint density at radius 1 is 1.22 bits per heavy atom. The van der Waals surface area contributed by atoms with Crippen molar-refractivity contribution in [3.05, 3.63) is 48.4 Å². The fourth-order valence-corrected chi connectivity index (χ4v) is 4.76. The van der Waals surface area contributed by atoms with Gasteiger partial charge in [0, 0.05) is 18.8 Å². The Morgan fingerprint density at radius 2 is 1.93 bits per heavy atom. The average Bonchev–Trinajstić information content (AvgIpc) is 3.21. The summed E-state index contributed by atoms with van der Waals surface area (Å²) in [4.78, 5) is 12.5. The molecular formula is C18H22N2O5S2. The van der Waals surface area contributed by atoms with E-state index in [4.69, 9.17) is 9.15 Å². The Balaban J connectivity index is 1.57. The minimum absolute atomic E-state index is 0.143. The third-order valence-electron chi connectivity index (χ3n) is 4.15. The van der Waals surface area contributed by atoms with Crippen LogP contribution in [0.2, 0.25) is 0 Å². The second-order valence-corrected chi connectivity index (χ2v) is 9.33. The van der Waals surface area contributed by atoms with E-state index in [-0.39, 0.29) is 16.1 Å². The largest absolute Gasteiger partial charge is 0.468 e. The maximum atomic E-state index is 12.6. The lowest BCUT2D eigenvalue weighted by Gasteiger charge is -2.26. The zero-order chi connectivity index (χ0) is 19.3. The summed E-state index contributed by atoms with van der Waals surface area (Å²) in [7, 11) is -3.53. The van der Waals surface area contributed by atoms with E-state index < -0.39 is 10.0 Å². The molecule has 27 heavy (non-hydrogen) atoms. The van der Waals surface area contributed by atoms with Crippen molar-refractivity contribution in [3.63, 3.8) is 0 Å². The van der Waals surface area contributed by atoms with Crippen molar-refractivity contribution in [2.24, 2.45) is 0 Å². The van der Waals surface area contributed by atoms with Gasteiger partial charge in [-0.1, -0.05) is 0 Å². The van der Waals surface area contributed by atoms with Crippen LogP contribution in [-0.2, 0) is 25.3 Å². The van der Waals surface area contributed by atoms with Crippen LogP contribution in [0.25, 0.3) is 0 Å². The van der Waals surface area contributed by atoms with Crippen molar-refractivity contribution in [2.45, 2.75) is 22.8 Å². The number of ether oxygens (including phenoxy) is 1. The Bertz CT molecular complexity index is 844. The van der Waals surface area contributed by atoms with E-state index in [1.54, 1.807) is 18.4 Å². The summed E-state index contributed by atoms with van der Waals surface area (Å²) in [6, 6.07) is 9.92. The maximum Gasteiger partial charge on any atom is 0.243 e. The number of anilines is 1. The molecule has 7 nitrogen and oxygen atoms in total. The lowest BCUT2D eigenvalue weighted by Crippen LogP contribution is -2.40. The third-order valence-corrected chi connectivity index (χ3v) is 7.23. The van der Waals surface area contributed by atoms with Gasteiger partial charge in [-0.2, -0.15) is 4.31 Å². The summed E-state index contributed by atoms with van der Waals surface area (Å²) in [5, 5.41) is 2.54. The monoisotopic (exact) mass is 410 g/mol. The topological polar surface area (TPSA) is 88.8 Å². The van der Waals surface area contributed by atoms with Gasteiger partial charge >= 0.3 is 0 Å². The highest BCUT2D eigenvalue weighted by Gasteiger charge is 2.26. The number of hydrogen-bond donors (Lipinski definition) is 1. The number of carbonyl (C=O) groups is 1. The second kappa shape index (κ2) is 8.92.